The third kappa shape index (κ3) is 6.71. The summed E-state index contributed by atoms with van der Waals surface area (Å²) in [6.45, 7) is 10.9. The average Bonchev–Trinajstić information content (AvgIpc) is 2.46. The molecule has 0 aliphatic carbocycles. The first kappa shape index (κ1) is 19.7. The number of carbonyl (C=O) groups is 1. The molecular formula is C19H33N3O. The lowest BCUT2D eigenvalue weighted by Crippen LogP contribution is -2.30. The fourth-order valence-corrected chi connectivity index (χ4v) is 2.60. The first-order valence-electron chi connectivity index (χ1n) is 8.61. The molecule has 23 heavy (non-hydrogen) atoms. The van der Waals surface area contributed by atoms with E-state index in [1.807, 2.05) is 0 Å². The van der Waals surface area contributed by atoms with E-state index in [0.29, 0.717) is 18.4 Å². The average molecular weight is 319 g/mol. The summed E-state index contributed by atoms with van der Waals surface area (Å²) in [5.74, 6) is 0.805. The molecule has 0 heterocycles. The Morgan fingerprint density at radius 2 is 1.65 bits per heavy atom. The van der Waals surface area contributed by atoms with Crippen LogP contribution >= 0.6 is 0 Å². The lowest BCUT2D eigenvalue weighted by molar-refractivity contribution is -0.115. The molecule has 0 aliphatic heterocycles. The Balaban J connectivity index is 2.66. The summed E-state index contributed by atoms with van der Waals surface area (Å²) in [7, 11) is 4.12. The number of carbonyl (C=O) groups excluding carboxylic acids is 1. The minimum Gasteiger partial charge on any atom is -0.324 e. The highest BCUT2D eigenvalue weighted by atomic mass is 16.1. The van der Waals surface area contributed by atoms with Gasteiger partial charge in [0.05, 0.1) is 6.54 Å². The van der Waals surface area contributed by atoms with Gasteiger partial charge in [-0.2, -0.15) is 0 Å². The molecular weight excluding hydrogens is 286 g/mol. The Kier molecular flexibility index (Phi) is 8.28. The second-order valence-corrected chi connectivity index (χ2v) is 7.00. The van der Waals surface area contributed by atoms with Crippen LogP contribution in [0, 0.1) is 0 Å². The quantitative estimate of drug-likeness (QED) is 0.686. The Morgan fingerprint density at radius 3 is 2.13 bits per heavy atom. The van der Waals surface area contributed by atoms with Gasteiger partial charge in [-0.25, -0.2) is 0 Å². The van der Waals surface area contributed by atoms with Gasteiger partial charge in [0.15, 0.2) is 0 Å². The van der Waals surface area contributed by atoms with Gasteiger partial charge >= 0.3 is 0 Å². The molecule has 4 heteroatoms. The van der Waals surface area contributed by atoms with E-state index in [4.69, 9.17) is 0 Å². The van der Waals surface area contributed by atoms with Crippen LogP contribution < -0.4 is 10.6 Å². The number of para-hydroxylation sites is 1. The van der Waals surface area contributed by atoms with Gasteiger partial charge in [0, 0.05) is 5.69 Å². The standard InChI is InChI=1S/C19H33N3O/c1-14(2)16-9-7-10-17(15(3)4)19(16)21-18(23)13-20-11-8-12-22(5)6/h7,9-10,14-15,20H,8,11-13H2,1-6H3,(H,21,23). The van der Waals surface area contributed by atoms with Gasteiger partial charge in [0.25, 0.3) is 0 Å². The molecule has 0 aromatic heterocycles. The van der Waals surface area contributed by atoms with Crippen LogP contribution in [0.25, 0.3) is 0 Å². The minimum atomic E-state index is 0.0323. The highest BCUT2D eigenvalue weighted by Gasteiger charge is 2.15. The normalized spacial score (nSPS) is 11.5. The van der Waals surface area contributed by atoms with Crippen LogP contribution in [0.4, 0.5) is 5.69 Å². The van der Waals surface area contributed by atoms with Crippen molar-refractivity contribution in [2.45, 2.75) is 46.0 Å². The second-order valence-electron chi connectivity index (χ2n) is 7.00. The molecule has 0 atom stereocenters. The van der Waals surface area contributed by atoms with Crippen molar-refractivity contribution in [3.05, 3.63) is 29.3 Å². The zero-order valence-corrected chi connectivity index (χ0v) is 15.6. The Hall–Kier alpha value is -1.39. The largest absolute Gasteiger partial charge is 0.324 e. The molecule has 4 nitrogen and oxygen atoms in total. The number of hydrogen-bond donors (Lipinski definition) is 2. The van der Waals surface area contributed by atoms with E-state index in [1.165, 1.54) is 11.1 Å². The fraction of sp³-hybridized carbons (Fsp3) is 0.632. The third-order valence-corrected chi connectivity index (χ3v) is 3.88. The first-order valence-corrected chi connectivity index (χ1v) is 8.61. The van der Waals surface area contributed by atoms with Crippen LogP contribution in [-0.2, 0) is 4.79 Å². The van der Waals surface area contributed by atoms with Crippen molar-refractivity contribution in [2.75, 3.05) is 39.0 Å². The summed E-state index contributed by atoms with van der Waals surface area (Å²) in [4.78, 5) is 14.4. The fourth-order valence-electron chi connectivity index (χ4n) is 2.60. The van der Waals surface area contributed by atoms with E-state index in [1.54, 1.807) is 0 Å². The van der Waals surface area contributed by atoms with Crippen molar-refractivity contribution in [1.29, 1.82) is 0 Å². The maximum atomic E-state index is 12.3. The first-order chi connectivity index (χ1) is 10.8. The molecule has 1 aromatic carbocycles. The van der Waals surface area contributed by atoms with Crippen LogP contribution in [0.15, 0.2) is 18.2 Å². The Morgan fingerprint density at radius 1 is 1.09 bits per heavy atom. The SMILES string of the molecule is CC(C)c1cccc(C(C)C)c1NC(=O)CNCCCN(C)C. The van der Waals surface area contributed by atoms with Gasteiger partial charge in [-0.15, -0.1) is 0 Å². The highest BCUT2D eigenvalue weighted by molar-refractivity contribution is 5.94. The van der Waals surface area contributed by atoms with Crippen LogP contribution in [0.3, 0.4) is 0 Å². The van der Waals surface area contributed by atoms with Crippen LogP contribution in [0.1, 0.15) is 57.1 Å². The van der Waals surface area contributed by atoms with Crippen molar-refractivity contribution in [3.8, 4) is 0 Å². The number of anilines is 1. The molecule has 2 N–H and O–H groups in total. The van der Waals surface area contributed by atoms with E-state index in [0.717, 1.165) is 25.2 Å². The van der Waals surface area contributed by atoms with E-state index >= 15 is 0 Å². The number of amides is 1. The van der Waals surface area contributed by atoms with Crippen LogP contribution in [0.2, 0.25) is 0 Å². The van der Waals surface area contributed by atoms with E-state index in [2.05, 4.69) is 75.5 Å². The second kappa shape index (κ2) is 9.68. The lowest BCUT2D eigenvalue weighted by Gasteiger charge is -2.20. The number of benzene rings is 1. The molecule has 0 aliphatic rings. The predicted molar refractivity (Wildman–Crippen MR) is 99.3 cm³/mol. The minimum absolute atomic E-state index is 0.0323. The molecule has 1 rings (SSSR count). The number of nitrogens with zero attached hydrogens (tertiary/aromatic N) is 1. The van der Waals surface area contributed by atoms with E-state index in [9.17, 15) is 4.79 Å². The summed E-state index contributed by atoms with van der Waals surface area (Å²) in [6, 6.07) is 6.30. The zero-order chi connectivity index (χ0) is 17.4. The summed E-state index contributed by atoms with van der Waals surface area (Å²) in [5.41, 5.74) is 3.41. The van der Waals surface area contributed by atoms with Gasteiger partial charge < -0.3 is 15.5 Å². The van der Waals surface area contributed by atoms with Gasteiger partial charge in [-0.3, -0.25) is 4.79 Å². The number of hydrogen-bond acceptors (Lipinski definition) is 3. The van der Waals surface area contributed by atoms with Gasteiger partial charge in [0.2, 0.25) is 5.91 Å². The van der Waals surface area contributed by atoms with Gasteiger partial charge in [-0.05, 0) is 56.6 Å². The molecule has 0 radical (unpaired) electrons. The Bertz CT molecular complexity index is 469. The molecule has 0 saturated carbocycles. The molecule has 0 unspecified atom stereocenters. The summed E-state index contributed by atoms with van der Waals surface area (Å²) < 4.78 is 0. The van der Waals surface area contributed by atoms with Crippen molar-refractivity contribution in [3.63, 3.8) is 0 Å². The zero-order valence-electron chi connectivity index (χ0n) is 15.6. The lowest BCUT2D eigenvalue weighted by atomic mass is 9.92. The topological polar surface area (TPSA) is 44.4 Å². The van der Waals surface area contributed by atoms with Crippen LogP contribution in [-0.4, -0.2) is 44.5 Å². The molecule has 1 amide bonds. The summed E-state index contributed by atoms with van der Waals surface area (Å²) in [5, 5.41) is 6.35. The van der Waals surface area contributed by atoms with Gasteiger partial charge in [0.1, 0.15) is 0 Å². The predicted octanol–water partition coefficient (Wildman–Crippen LogP) is 3.41. The number of rotatable bonds is 9. The van der Waals surface area contributed by atoms with Crippen molar-refractivity contribution >= 4 is 11.6 Å². The van der Waals surface area contributed by atoms with E-state index < -0.39 is 0 Å². The smallest absolute Gasteiger partial charge is 0.238 e. The monoisotopic (exact) mass is 319 g/mol. The Labute approximate surface area is 141 Å². The maximum absolute atomic E-state index is 12.3. The number of nitrogens with one attached hydrogen (secondary N) is 2. The van der Waals surface area contributed by atoms with Crippen molar-refractivity contribution in [2.24, 2.45) is 0 Å². The van der Waals surface area contributed by atoms with Crippen molar-refractivity contribution in [1.82, 2.24) is 10.2 Å². The molecule has 130 valence electrons. The molecule has 0 saturated heterocycles. The molecule has 0 fully saturated rings. The summed E-state index contributed by atoms with van der Waals surface area (Å²) in [6.07, 6.45) is 1.04. The summed E-state index contributed by atoms with van der Waals surface area (Å²) >= 11 is 0. The van der Waals surface area contributed by atoms with Gasteiger partial charge in [-0.1, -0.05) is 45.9 Å². The van der Waals surface area contributed by atoms with Crippen molar-refractivity contribution < 1.29 is 4.79 Å². The van der Waals surface area contributed by atoms with Crippen LogP contribution in [0.5, 0.6) is 0 Å². The molecule has 0 bridgehead atoms. The molecule has 0 spiro atoms. The molecule has 1 aromatic rings. The third-order valence-electron chi connectivity index (χ3n) is 3.88. The highest BCUT2D eigenvalue weighted by Crippen LogP contribution is 2.32. The van der Waals surface area contributed by atoms with E-state index in [-0.39, 0.29) is 5.91 Å². The maximum Gasteiger partial charge on any atom is 0.238 e.